The number of carbonyl (C=O) groups is 1. The van der Waals surface area contributed by atoms with Crippen LogP contribution in [0, 0.1) is 5.92 Å². The molecule has 0 bridgehead atoms. The summed E-state index contributed by atoms with van der Waals surface area (Å²) in [6, 6.07) is 7.89. The molecule has 3 rings (SSSR count). The van der Waals surface area contributed by atoms with Crippen LogP contribution in [-0.4, -0.2) is 43.5 Å². The summed E-state index contributed by atoms with van der Waals surface area (Å²) in [5.74, 6) is 0.978. The van der Waals surface area contributed by atoms with Crippen LogP contribution in [0.2, 0.25) is 5.02 Å². The highest BCUT2D eigenvalue weighted by Gasteiger charge is 2.28. The lowest BCUT2D eigenvalue weighted by Crippen LogP contribution is -2.51. The molecule has 21 heavy (non-hydrogen) atoms. The molecule has 4 nitrogen and oxygen atoms in total. The molecule has 0 spiro atoms. The average molecular weight is 308 g/mol. The fourth-order valence-corrected chi connectivity index (χ4v) is 3.02. The van der Waals surface area contributed by atoms with Crippen molar-refractivity contribution in [1.82, 2.24) is 15.5 Å². The number of benzene rings is 1. The van der Waals surface area contributed by atoms with E-state index in [4.69, 9.17) is 11.6 Å². The van der Waals surface area contributed by atoms with E-state index in [0.29, 0.717) is 6.54 Å². The Hall–Kier alpha value is -1.10. The minimum Gasteiger partial charge on any atom is -0.332 e. The number of hydrogen-bond acceptors (Lipinski definition) is 3. The topological polar surface area (TPSA) is 44.4 Å². The first kappa shape index (κ1) is 14.8. The molecule has 0 radical (unpaired) electrons. The van der Waals surface area contributed by atoms with Gasteiger partial charge < -0.3 is 15.5 Å². The Morgan fingerprint density at radius 2 is 2.29 bits per heavy atom. The van der Waals surface area contributed by atoms with Gasteiger partial charge in [-0.25, -0.2) is 0 Å². The maximum atomic E-state index is 12.5. The maximum absolute atomic E-state index is 12.5. The van der Waals surface area contributed by atoms with Gasteiger partial charge in [-0.05, 0) is 43.0 Å². The zero-order valence-electron chi connectivity index (χ0n) is 12.1. The summed E-state index contributed by atoms with van der Waals surface area (Å²) in [6.45, 7) is 3.80. The van der Waals surface area contributed by atoms with E-state index in [2.05, 4.69) is 10.6 Å². The molecule has 2 fully saturated rings. The number of nitrogens with zero attached hydrogens (tertiary/aromatic N) is 1. The summed E-state index contributed by atoms with van der Waals surface area (Å²) in [7, 11) is 0. The predicted molar refractivity (Wildman–Crippen MR) is 84.4 cm³/mol. The van der Waals surface area contributed by atoms with Crippen LogP contribution in [0.15, 0.2) is 24.3 Å². The van der Waals surface area contributed by atoms with Crippen molar-refractivity contribution in [1.29, 1.82) is 0 Å². The summed E-state index contributed by atoms with van der Waals surface area (Å²) >= 11 is 6.08. The molecule has 1 unspecified atom stereocenters. The fraction of sp³-hybridized carbons (Fsp3) is 0.562. The van der Waals surface area contributed by atoms with E-state index in [1.807, 2.05) is 29.2 Å². The Labute approximate surface area is 130 Å². The van der Waals surface area contributed by atoms with Gasteiger partial charge in [0.05, 0.1) is 12.6 Å². The minimum absolute atomic E-state index is 0.0766. The first-order valence-corrected chi connectivity index (χ1v) is 8.08. The van der Waals surface area contributed by atoms with Crippen LogP contribution in [0.5, 0.6) is 0 Å². The van der Waals surface area contributed by atoms with Crippen molar-refractivity contribution in [3.63, 3.8) is 0 Å². The molecular formula is C16H22ClN3O. The van der Waals surface area contributed by atoms with Gasteiger partial charge in [0.15, 0.2) is 0 Å². The Morgan fingerprint density at radius 3 is 3.05 bits per heavy atom. The zero-order chi connectivity index (χ0) is 14.7. The Balaban J connectivity index is 1.63. The molecule has 1 aliphatic carbocycles. The lowest BCUT2D eigenvalue weighted by Gasteiger charge is -2.36. The van der Waals surface area contributed by atoms with Gasteiger partial charge >= 0.3 is 0 Å². The molecule has 1 saturated carbocycles. The van der Waals surface area contributed by atoms with Gasteiger partial charge in [-0.2, -0.15) is 0 Å². The van der Waals surface area contributed by atoms with E-state index >= 15 is 0 Å². The predicted octanol–water partition coefficient (Wildman–Crippen LogP) is 1.81. The number of halogens is 1. The Kier molecular flexibility index (Phi) is 4.78. The number of nitrogens with one attached hydrogen (secondary N) is 2. The van der Waals surface area contributed by atoms with Crippen molar-refractivity contribution in [2.75, 3.05) is 32.7 Å². The standard InChI is InChI=1S/C16H22ClN3O/c17-14-3-1-2-13(8-14)15-10-18-6-7-20(15)16(21)11-19-9-12-4-5-12/h1-3,8,12,15,18-19H,4-7,9-11H2. The molecule has 1 heterocycles. The van der Waals surface area contributed by atoms with E-state index in [-0.39, 0.29) is 11.9 Å². The van der Waals surface area contributed by atoms with E-state index in [1.165, 1.54) is 12.8 Å². The third kappa shape index (κ3) is 3.96. The van der Waals surface area contributed by atoms with Crippen LogP contribution in [-0.2, 0) is 4.79 Å². The number of amides is 1. The lowest BCUT2D eigenvalue weighted by molar-refractivity contribution is -0.133. The molecule has 1 atom stereocenters. The first-order valence-electron chi connectivity index (χ1n) is 7.70. The highest BCUT2D eigenvalue weighted by Crippen LogP contribution is 2.27. The van der Waals surface area contributed by atoms with Crippen molar-refractivity contribution >= 4 is 17.5 Å². The van der Waals surface area contributed by atoms with Crippen LogP contribution >= 0.6 is 11.6 Å². The molecule has 1 aliphatic heterocycles. The van der Waals surface area contributed by atoms with Crippen molar-refractivity contribution in [3.05, 3.63) is 34.9 Å². The van der Waals surface area contributed by atoms with Crippen molar-refractivity contribution in [2.45, 2.75) is 18.9 Å². The van der Waals surface area contributed by atoms with E-state index < -0.39 is 0 Å². The highest BCUT2D eigenvalue weighted by atomic mass is 35.5. The van der Waals surface area contributed by atoms with Crippen LogP contribution in [0.4, 0.5) is 0 Å². The molecule has 2 N–H and O–H groups in total. The first-order chi connectivity index (χ1) is 10.2. The number of rotatable bonds is 5. The van der Waals surface area contributed by atoms with Gasteiger partial charge in [-0.3, -0.25) is 4.79 Å². The number of piperazine rings is 1. The van der Waals surface area contributed by atoms with Crippen molar-refractivity contribution < 1.29 is 4.79 Å². The molecule has 5 heteroatoms. The van der Waals surface area contributed by atoms with Crippen molar-refractivity contribution in [3.8, 4) is 0 Å². The molecule has 0 aromatic heterocycles. The lowest BCUT2D eigenvalue weighted by atomic mass is 10.0. The van der Waals surface area contributed by atoms with Crippen LogP contribution in [0.1, 0.15) is 24.4 Å². The molecule has 2 aliphatic rings. The quantitative estimate of drug-likeness (QED) is 0.872. The van der Waals surface area contributed by atoms with Gasteiger partial charge in [-0.15, -0.1) is 0 Å². The van der Waals surface area contributed by atoms with Gasteiger partial charge in [-0.1, -0.05) is 23.7 Å². The zero-order valence-corrected chi connectivity index (χ0v) is 12.9. The Bertz CT molecular complexity index is 504. The smallest absolute Gasteiger partial charge is 0.237 e. The largest absolute Gasteiger partial charge is 0.332 e. The second-order valence-electron chi connectivity index (χ2n) is 5.94. The second kappa shape index (κ2) is 6.77. The SMILES string of the molecule is O=C(CNCC1CC1)N1CCNCC1c1cccc(Cl)c1. The molecule has 1 aromatic carbocycles. The van der Waals surface area contributed by atoms with Gasteiger partial charge in [0.1, 0.15) is 0 Å². The van der Waals surface area contributed by atoms with Gasteiger partial charge in [0.25, 0.3) is 0 Å². The van der Waals surface area contributed by atoms with E-state index in [9.17, 15) is 4.79 Å². The second-order valence-corrected chi connectivity index (χ2v) is 6.37. The molecular weight excluding hydrogens is 286 g/mol. The maximum Gasteiger partial charge on any atom is 0.237 e. The number of carbonyl (C=O) groups excluding carboxylic acids is 1. The van der Waals surface area contributed by atoms with Gasteiger partial charge in [0, 0.05) is 24.7 Å². The highest BCUT2D eigenvalue weighted by molar-refractivity contribution is 6.30. The van der Waals surface area contributed by atoms with E-state index in [1.54, 1.807) is 0 Å². The van der Waals surface area contributed by atoms with Crippen LogP contribution in [0.25, 0.3) is 0 Å². The average Bonchev–Trinajstić information content (AvgIpc) is 3.31. The summed E-state index contributed by atoms with van der Waals surface area (Å²) in [5.41, 5.74) is 1.10. The third-order valence-electron chi connectivity index (χ3n) is 4.20. The van der Waals surface area contributed by atoms with Crippen molar-refractivity contribution in [2.24, 2.45) is 5.92 Å². The van der Waals surface area contributed by atoms with Crippen LogP contribution < -0.4 is 10.6 Å². The van der Waals surface area contributed by atoms with Gasteiger partial charge in [0.2, 0.25) is 5.91 Å². The molecule has 1 amide bonds. The third-order valence-corrected chi connectivity index (χ3v) is 4.44. The fourth-order valence-electron chi connectivity index (χ4n) is 2.82. The monoisotopic (exact) mass is 307 g/mol. The summed E-state index contributed by atoms with van der Waals surface area (Å²) in [4.78, 5) is 14.4. The Morgan fingerprint density at radius 1 is 1.43 bits per heavy atom. The molecule has 114 valence electrons. The normalized spacial score (nSPS) is 22.3. The summed E-state index contributed by atoms with van der Waals surface area (Å²) in [5, 5.41) is 7.37. The minimum atomic E-state index is 0.0766. The molecule has 1 aromatic rings. The van der Waals surface area contributed by atoms with E-state index in [0.717, 1.165) is 42.7 Å². The molecule has 1 saturated heterocycles. The summed E-state index contributed by atoms with van der Waals surface area (Å²) in [6.07, 6.45) is 2.61. The van der Waals surface area contributed by atoms with Crippen LogP contribution in [0.3, 0.4) is 0 Å². The number of hydrogen-bond donors (Lipinski definition) is 2. The summed E-state index contributed by atoms with van der Waals surface area (Å²) < 4.78 is 0.